The fourth-order valence-electron chi connectivity index (χ4n) is 9.93. The van der Waals surface area contributed by atoms with Gasteiger partial charge in [0.1, 0.15) is 96.7 Å². The van der Waals surface area contributed by atoms with Crippen LogP contribution in [0.5, 0.6) is 0 Å². The van der Waals surface area contributed by atoms with Crippen molar-refractivity contribution >= 4 is 187 Å². The van der Waals surface area contributed by atoms with E-state index >= 15 is 0 Å². The van der Waals surface area contributed by atoms with Gasteiger partial charge in [-0.05, 0) is 106 Å². The Morgan fingerprint density at radius 1 is 0.258 bits per heavy atom. The Morgan fingerprint density at radius 2 is 0.425 bits per heavy atom. The van der Waals surface area contributed by atoms with Crippen molar-refractivity contribution in [2.75, 3.05) is 42.6 Å². The summed E-state index contributed by atoms with van der Waals surface area (Å²) in [5.74, 6) is -25.5. The van der Waals surface area contributed by atoms with Crippen molar-refractivity contribution < 1.29 is 116 Å². The predicted molar refractivity (Wildman–Crippen MR) is 440 cm³/mol. The monoisotopic (exact) mass is 1780 g/mol. The van der Waals surface area contributed by atoms with Gasteiger partial charge in [-0.25, -0.2) is 0 Å². The summed E-state index contributed by atoms with van der Waals surface area (Å²) in [5.41, 5.74) is 21.7. The number of nitrogens with one attached hydrogen (secondary N) is 22. The van der Waals surface area contributed by atoms with Gasteiger partial charge in [-0.1, -0.05) is 0 Å². The van der Waals surface area contributed by atoms with Gasteiger partial charge in [0.15, 0.2) is 17.9 Å². The van der Waals surface area contributed by atoms with E-state index in [-0.39, 0.29) is 70.5 Å². The molecular weight excluding hydrogens is 1670 g/mol. The summed E-state index contributed by atoms with van der Waals surface area (Å²) in [5, 5.41) is 105. The van der Waals surface area contributed by atoms with E-state index in [0.717, 1.165) is 6.92 Å². The molecule has 17 unspecified atom stereocenters. The molecule has 0 aromatic carbocycles. The van der Waals surface area contributed by atoms with Crippen LogP contribution in [-0.4, -0.2) is 302 Å². The molecule has 34 N–H and O–H groups in total. The van der Waals surface area contributed by atoms with E-state index in [1.807, 2.05) is 0 Å². The lowest BCUT2D eigenvalue weighted by Crippen LogP contribution is -2.61. The fraction of sp³-hybridized carbons (Fsp3) is 0.652. The van der Waals surface area contributed by atoms with Crippen LogP contribution in [0.4, 0.5) is 0 Å². The van der Waals surface area contributed by atoms with Crippen LogP contribution in [0.2, 0.25) is 0 Å². The number of hydrogen-bond donors (Lipinski definition) is 34. The molecule has 0 aromatic rings. The number of rotatable bonds is 58. The lowest BCUT2D eigenvalue weighted by molar-refractivity contribution is -0.142. The first kappa shape index (κ1) is 109. The fourth-order valence-corrected chi connectivity index (χ4v) is 11.0. The molecule has 0 heterocycles. The van der Waals surface area contributed by atoms with Crippen LogP contribution in [0.1, 0.15) is 126 Å². The minimum absolute atomic E-state index is 0.00864. The first-order valence-corrected chi connectivity index (χ1v) is 39.7. The predicted octanol–water partition coefficient (Wildman–Crippen LogP) is -11.6. The van der Waals surface area contributed by atoms with Crippen molar-refractivity contribution in [1.82, 2.24) is 101 Å². The number of nitrogens with two attached hydrogens (primary N) is 4. The van der Waals surface area contributed by atoms with Gasteiger partial charge in [0.2, 0.25) is 94.5 Å². The molecule has 0 rings (SSSR count). The number of carbonyl (C=O) groups is 20. The highest BCUT2D eigenvalue weighted by molar-refractivity contribution is 7.80. The number of carboxylic acids is 4. The topological polar surface area (TPSA) is 827 Å². The molecule has 0 aromatic heterocycles. The summed E-state index contributed by atoms with van der Waals surface area (Å²) in [7, 11) is 0. The van der Waals surface area contributed by atoms with Gasteiger partial charge in [-0.2, -0.15) is 50.5 Å². The van der Waals surface area contributed by atoms with Gasteiger partial charge in [-0.3, -0.25) is 112 Å². The van der Waals surface area contributed by atoms with Crippen molar-refractivity contribution in [2.45, 2.75) is 228 Å². The van der Waals surface area contributed by atoms with Crippen molar-refractivity contribution in [2.24, 2.45) is 22.9 Å². The summed E-state index contributed by atoms with van der Waals surface area (Å²) < 4.78 is 0. The number of hydrogen-bond acceptors (Lipinski definition) is 28. The molecule has 0 saturated carbocycles. The smallest absolute Gasteiger partial charge is 0.325 e. The highest BCUT2D eigenvalue weighted by Gasteiger charge is 2.38. The molecular formula is C66H114N26O24S4. The maximum absolute atomic E-state index is 14.2. The molecule has 0 saturated heterocycles. The third-order valence-electron chi connectivity index (χ3n) is 16.9. The molecule has 0 bridgehead atoms. The Morgan fingerprint density at radius 3 is 0.642 bits per heavy atom. The first-order chi connectivity index (χ1) is 56.0. The van der Waals surface area contributed by atoms with E-state index < -0.39 is 288 Å². The maximum atomic E-state index is 14.2. The molecule has 0 fully saturated rings. The molecule has 0 radical (unpaired) electrons. The second-order valence-corrected chi connectivity index (χ2v) is 28.6. The molecule has 50 nitrogen and oxygen atoms in total. The van der Waals surface area contributed by atoms with Crippen molar-refractivity contribution in [3.63, 3.8) is 0 Å². The number of carboxylic acid groups (broad SMARTS) is 4. The number of carbonyl (C=O) groups excluding carboxylic acids is 16. The Bertz CT molecular complexity index is 3650. The number of guanidine groups is 3. The summed E-state index contributed by atoms with van der Waals surface area (Å²) in [6.07, 6.45) is -4.36. The lowest BCUT2D eigenvalue weighted by atomic mass is 10.1. The maximum Gasteiger partial charge on any atom is 0.325 e. The van der Waals surface area contributed by atoms with E-state index in [2.05, 4.69) is 152 Å². The lowest BCUT2D eigenvalue weighted by Gasteiger charge is -2.27. The second kappa shape index (κ2) is 56.9. The van der Waals surface area contributed by atoms with Crippen LogP contribution < -0.4 is 124 Å². The minimum atomic E-state index is -1.81. The zero-order chi connectivity index (χ0) is 92.0. The molecule has 120 heavy (non-hydrogen) atoms. The van der Waals surface area contributed by atoms with Crippen LogP contribution >= 0.6 is 50.5 Å². The SMILES string of the molecule is CC(N)C(=O)NC(CCC(=O)O)C(=O)NC(C)C(=O)NC(C)C(=O)NC(C)C(=O)NC(CCCNC(=N)N)C(=O)NC(CCC(=O)O)C(=O)NC(C)C(=O)NC(CS)C(=O)NC(CS)C(=O)NC(CCCNC(=N)N)C(=O)NC(CCC(=O)O)C(=O)NC(CS)C(=O)NC(CS)C(=O)NC(C)C(=O)NC(CCCNC(=N)N)C(=O)NC(C)C(=O)O. The van der Waals surface area contributed by atoms with E-state index in [9.17, 15) is 111 Å². The standard InChI is InChI=1S/C66H114N26O24S4/c1-27(67)47(99)83-37(14-17-44(93)94)54(106)79-29(3)49(101)77-28(2)48(100)78-30(4)50(102)85-35(12-9-21-75-65(70)71)56(108)87-38(15-18-45(95)96)55(107)80-32(6)52(104)89-41(24-118)61(113)92-42(25-119)60(112)86-36(13-10-22-76-66(72)73)57(109)88-39(16-19-46(97)98)58(110)90-43(26-120)62(114)91-40(23-117)59(111)81-31(5)51(103)84-34(11-8-20-74-64(68)69)53(105)82-33(7)63(115)116/h27-43,117-120H,8-26,67H2,1-7H3,(H,77,101)(H,78,100)(H,79,106)(H,80,107)(H,81,111)(H,82,105)(H,83,99)(H,84,103)(H,85,102)(H,86,112)(H,87,108)(H,88,109)(H,89,104)(H,90,110)(H,91,114)(H,92,113)(H,93,94)(H,95,96)(H,97,98)(H,115,116)(H4,68,69,74)(H4,70,71,75)(H4,72,73,76). The van der Waals surface area contributed by atoms with Crippen molar-refractivity contribution in [3.8, 4) is 0 Å². The van der Waals surface area contributed by atoms with E-state index in [4.69, 9.17) is 44.3 Å². The van der Waals surface area contributed by atoms with Gasteiger partial charge < -0.3 is 144 Å². The average molecular weight is 1780 g/mol. The molecule has 16 amide bonds. The molecule has 0 aliphatic carbocycles. The Labute approximate surface area is 710 Å². The van der Waals surface area contributed by atoms with Crippen molar-refractivity contribution in [3.05, 3.63) is 0 Å². The highest BCUT2D eigenvalue weighted by Crippen LogP contribution is 2.10. The van der Waals surface area contributed by atoms with Crippen LogP contribution in [0.3, 0.4) is 0 Å². The van der Waals surface area contributed by atoms with Crippen LogP contribution in [0, 0.1) is 16.2 Å². The molecule has 54 heteroatoms. The van der Waals surface area contributed by atoms with Gasteiger partial charge in [0, 0.05) is 61.9 Å². The average Bonchev–Trinajstić information content (AvgIpc) is 0.858. The Balaban J connectivity index is 6.59. The first-order valence-electron chi connectivity index (χ1n) is 37.2. The van der Waals surface area contributed by atoms with Crippen molar-refractivity contribution in [1.29, 1.82) is 16.2 Å². The third kappa shape index (κ3) is 43.9. The molecule has 0 spiro atoms. The summed E-state index contributed by atoms with van der Waals surface area (Å²) >= 11 is 16.6. The number of aliphatic carboxylic acids is 4. The third-order valence-corrected chi connectivity index (χ3v) is 18.3. The van der Waals surface area contributed by atoms with E-state index in [1.165, 1.54) is 41.5 Å². The highest BCUT2D eigenvalue weighted by atomic mass is 32.1. The van der Waals surface area contributed by atoms with Gasteiger partial charge in [0.25, 0.3) is 0 Å². The Kier molecular flexibility index (Phi) is 51.5. The van der Waals surface area contributed by atoms with Crippen LogP contribution in [0.25, 0.3) is 0 Å². The van der Waals surface area contributed by atoms with Crippen LogP contribution in [0.15, 0.2) is 0 Å². The molecule has 17 atom stereocenters. The summed E-state index contributed by atoms with van der Waals surface area (Å²) in [6.45, 7) is 8.36. The van der Waals surface area contributed by atoms with E-state index in [1.54, 1.807) is 0 Å². The molecule has 0 aliphatic rings. The molecule has 0 aliphatic heterocycles. The summed E-state index contributed by atoms with van der Waals surface area (Å²) in [6, 6.07) is -25.9. The zero-order valence-corrected chi connectivity index (χ0v) is 70.4. The number of amides is 16. The van der Waals surface area contributed by atoms with Crippen LogP contribution in [-0.2, 0) is 95.9 Å². The quantitative estimate of drug-likeness (QED) is 0.0116. The van der Waals surface area contributed by atoms with Gasteiger partial charge in [0.05, 0.1) is 6.04 Å². The van der Waals surface area contributed by atoms with Gasteiger partial charge >= 0.3 is 23.9 Å². The largest absolute Gasteiger partial charge is 0.481 e. The normalized spacial score (nSPS) is 15.1. The molecule has 676 valence electrons. The zero-order valence-electron chi connectivity index (χ0n) is 66.8. The second-order valence-electron chi connectivity index (χ2n) is 27.1. The van der Waals surface area contributed by atoms with Gasteiger partial charge in [-0.15, -0.1) is 0 Å². The van der Waals surface area contributed by atoms with E-state index in [0.29, 0.717) is 0 Å². The minimum Gasteiger partial charge on any atom is -0.481 e. The Hall–Kier alpha value is -11.4. The number of thiol groups is 4. The summed E-state index contributed by atoms with van der Waals surface area (Å²) in [4.78, 5) is 263.